The average molecular weight is 455 g/mol. The molecular weight excluding hydrogens is 430 g/mol. The molecule has 0 saturated heterocycles. The lowest BCUT2D eigenvalue weighted by molar-refractivity contribution is 0.340. The van der Waals surface area contributed by atoms with Crippen molar-refractivity contribution in [1.29, 1.82) is 0 Å². The van der Waals surface area contributed by atoms with E-state index in [9.17, 15) is 8.78 Å². The summed E-state index contributed by atoms with van der Waals surface area (Å²) < 4.78 is 35.0. The average Bonchev–Trinajstić information content (AvgIpc) is 2.84. The quantitative estimate of drug-likeness (QED) is 0.213. The molecule has 0 atom stereocenters. The summed E-state index contributed by atoms with van der Waals surface area (Å²) >= 11 is 0. The van der Waals surface area contributed by atoms with E-state index in [0.717, 1.165) is 24.2 Å². The first-order valence-corrected chi connectivity index (χ1v) is 11.2. The van der Waals surface area contributed by atoms with Gasteiger partial charge in [0, 0.05) is 10.9 Å². The van der Waals surface area contributed by atoms with Crippen LogP contribution in [-0.2, 0) is 6.42 Å². The van der Waals surface area contributed by atoms with Gasteiger partial charge in [0.2, 0.25) is 0 Å². The van der Waals surface area contributed by atoms with Crippen LogP contribution in [0.1, 0.15) is 37.0 Å². The first kappa shape index (κ1) is 23.1. The summed E-state index contributed by atoms with van der Waals surface area (Å²) in [5, 5.41) is 9.34. The third kappa shape index (κ3) is 5.47. The SMILES string of the molecule is CCCc1ccc2c(F)c(C#Cc3ccc(N=Nc4ccc(OCC)cc4)cc3)c(F)cc2c1. The van der Waals surface area contributed by atoms with Gasteiger partial charge in [-0.2, -0.15) is 10.2 Å². The Balaban J connectivity index is 1.51. The van der Waals surface area contributed by atoms with Crippen LogP contribution in [0.2, 0.25) is 0 Å². The van der Waals surface area contributed by atoms with E-state index in [-0.39, 0.29) is 5.56 Å². The largest absolute Gasteiger partial charge is 0.494 e. The molecule has 0 aliphatic rings. The molecule has 0 aliphatic carbocycles. The Labute approximate surface area is 198 Å². The van der Waals surface area contributed by atoms with Gasteiger partial charge in [-0.1, -0.05) is 43.4 Å². The fraction of sp³-hybridized carbons (Fsp3) is 0.172. The number of rotatable bonds is 6. The minimum atomic E-state index is -0.660. The number of azo groups is 1. The Morgan fingerprint density at radius 3 is 2.12 bits per heavy atom. The normalized spacial score (nSPS) is 10.9. The zero-order chi connectivity index (χ0) is 23.9. The van der Waals surface area contributed by atoms with E-state index in [4.69, 9.17) is 4.74 Å². The van der Waals surface area contributed by atoms with E-state index in [2.05, 4.69) is 29.0 Å². The Bertz CT molecular complexity index is 1380. The Morgan fingerprint density at radius 2 is 1.47 bits per heavy atom. The second-order valence-electron chi connectivity index (χ2n) is 7.78. The van der Waals surface area contributed by atoms with Crippen LogP contribution < -0.4 is 4.74 Å². The number of fused-ring (bicyclic) bond motifs is 1. The van der Waals surface area contributed by atoms with Crippen molar-refractivity contribution in [3.8, 4) is 17.6 Å². The van der Waals surface area contributed by atoms with E-state index in [0.29, 0.717) is 34.3 Å². The first-order valence-electron chi connectivity index (χ1n) is 11.2. The third-order valence-corrected chi connectivity index (χ3v) is 5.26. The number of nitrogens with zero attached hydrogens (tertiary/aromatic N) is 2. The highest BCUT2D eigenvalue weighted by Crippen LogP contribution is 2.26. The van der Waals surface area contributed by atoms with Gasteiger partial charge in [-0.05, 0) is 78.9 Å². The summed E-state index contributed by atoms with van der Waals surface area (Å²) in [5.41, 5.74) is 2.81. The Morgan fingerprint density at radius 1 is 0.794 bits per heavy atom. The van der Waals surface area contributed by atoms with Crippen LogP contribution in [0.3, 0.4) is 0 Å². The number of hydrogen-bond acceptors (Lipinski definition) is 3. The lowest BCUT2D eigenvalue weighted by Gasteiger charge is -2.06. The van der Waals surface area contributed by atoms with Gasteiger partial charge in [-0.15, -0.1) is 0 Å². The van der Waals surface area contributed by atoms with Crippen molar-refractivity contribution in [3.63, 3.8) is 0 Å². The van der Waals surface area contributed by atoms with Gasteiger partial charge in [0.25, 0.3) is 0 Å². The van der Waals surface area contributed by atoms with Crippen LogP contribution in [0.15, 0.2) is 83.0 Å². The lowest BCUT2D eigenvalue weighted by Crippen LogP contribution is -1.94. The molecule has 0 unspecified atom stereocenters. The van der Waals surface area contributed by atoms with Crippen molar-refractivity contribution in [1.82, 2.24) is 0 Å². The molecule has 5 heteroatoms. The van der Waals surface area contributed by atoms with Gasteiger partial charge in [0.05, 0.1) is 23.5 Å². The summed E-state index contributed by atoms with van der Waals surface area (Å²) in [5.74, 6) is 4.99. The summed E-state index contributed by atoms with van der Waals surface area (Å²) in [4.78, 5) is 0. The number of aryl methyl sites for hydroxylation is 1. The molecule has 3 nitrogen and oxygen atoms in total. The van der Waals surface area contributed by atoms with Gasteiger partial charge in [0.15, 0.2) is 0 Å². The van der Waals surface area contributed by atoms with E-state index in [1.54, 1.807) is 30.3 Å². The van der Waals surface area contributed by atoms with E-state index >= 15 is 0 Å². The van der Waals surface area contributed by atoms with E-state index in [1.807, 2.05) is 43.3 Å². The molecule has 4 aromatic carbocycles. The van der Waals surface area contributed by atoms with E-state index < -0.39 is 11.6 Å². The number of hydrogen-bond donors (Lipinski definition) is 0. The van der Waals surface area contributed by atoms with Crippen LogP contribution >= 0.6 is 0 Å². The highest BCUT2D eigenvalue weighted by molar-refractivity contribution is 5.85. The molecule has 0 amide bonds. The molecule has 0 saturated carbocycles. The molecule has 4 rings (SSSR count). The smallest absolute Gasteiger partial charge is 0.149 e. The zero-order valence-electron chi connectivity index (χ0n) is 19.1. The van der Waals surface area contributed by atoms with Crippen molar-refractivity contribution < 1.29 is 13.5 Å². The molecular formula is C29H24F2N2O. The fourth-order valence-corrected chi connectivity index (χ4v) is 3.58. The maximum atomic E-state index is 15.0. The fourth-order valence-electron chi connectivity index (χ4n) is 3.58. The Kier molecular flexibility index (Phi) is 7.29. The van der Waals surface area contributed by atoms with Crippen molar-refractivity contribution >= 4 is 22.1 Å². The summed E-state index contributed by atoms with van der Waals surface area (Å²) in [6.07, 6.45) is 1.85. The van der Waals surface area contributed by atoms with Gasteiger partial charge in [-0.3, -0.25) is 0 Å². The predicted octanol–water partition coefficient (Wildman–Crippen LogP) is 8.28. The van der Waals surface area contributed by atoms with Gasteiger partial charge < -0.3 is 4.74 Å². The van der Waals surface area contributed by atoms with E-state index in [1.165, 1.54) is 6.07 Å². The molecule has 34 heavy (non-hydrogen) atoms. The van der Waals surface area contributed by atoms with Gasteiger partial charge >= 0.3 is 0 Å². The number of ether oxygens (including phenoxy) is 1. The molecule has 0 heterocycles. The Hall–Kier alpha value is -4.04. The topological polar surface area (TPSA) is 34.0 Å². The van der Waals surface area contributed by atoms with Gasteiger partial charge in [-0.25, -0.2) is 8.78 Å². The third-order valence-electron chi connectivity index (χ3n) is 5.26. The van der Waals surface area contributed by atoms with Crippen molar-refractivity contribution in [3.05, 3.63) is 101 Å². The highest BCUT2D eigenvalue weighted by atomic mass is 19.1. The van der Waals surface area contributed by atoms with Crippen LogP contribution in [0.5, 0.6) is 5.75 Å². The molecule has 4 aromatic rings. The summed E-state index contributed by atoms with van der Waals surface area (Å²) in [7, 11) is 0. The summed E-state index contributed by atoms with van der Waals surface area (Å²) in [6.45, 7) is 4.61. The summed E-state index contributed by atoms with van der Waals surface area (Å²) in [6, 6.07) is 21.1. The highest BCUT2D eigenvalue weighted by Gasteiger charge is 2.12. The standard InChI is InChI=1S/C29H24F2N2O/c1-3-5-21-9-16-26-22(18-21)19-28(30)27(29(26)31)17-8-20-6-10-23(11-7-20)32-33-24-12-14-25(15-13-24)34-4-2/h6-7,9-16,18-19H,3-5H2,1-2H3. The first-order chi connectivity index (χ1) is 16.6. The number of benzene rings is 4. The minimum absolute atomic E-state index is 0.227. The van der Waals surface area contributed by atoms with Crippen molar-refractivity contribution in [2.75, 3.05) is 6.61 Å². The molecule has 0 spiro atoms. The van der Waals surface area contributed by atoms with Crippen LogP contribution in [-0.4, -0.2) is 6.61 Å². The maximum Gasteiger partial charge on any atom is 0.149 e. The molecule has 0 bridgehead atoms. The monoisotopic (exact) mass is 454 g/mol. The van der Waals surface area contributed by atoms with Crippen molar-refractivity contribution in [2.45, 2.75) is 26.7 Å². The van der Waals surface area contributed by atoms with Crippen LogP contribution in [0.25, 0.3) is 10.8 Å². The second kappa shape index (κ2) is 10.7. The zero-order valence-corrected chi connectivity index (χ0v) is 19.1. The number of halogens is 2. The van der Waals surface area contributed by atoms with Crippen LogP contribution in [0.4, 0.5) is 20.2 Å². The molecule has 0 aromatic heterocycles. The second-order valence-corrected chi connectivity index (χ2v) is 7.78. The lowest BCUT2D eigenvalue weighted by atomic mass is 10.0. The van der Waals surface area contributed by atoms with Crippen molar-refractivity contribution in [2.24, 2.45) is 10.2 Å². The maximum absolute atomic E-state index is 15.0. The molecule has 0 radical (unpaired) electrons. The molecule has 0 fully saturated rings. The predicted molar refractivity (Wildman–Crippen MR) is 132 cm³/mol. The van der Waals surface area contributed by atoms with Crippen LogP contribution in [0, 0.1) is 23.5 Å². The molecule has 170 valence electrons. The molecule has 0 aliphatic heterocycles. The van der Waals surface area contributed by atoms with Gasteiger partial charge in [0.1, 0.15) is 17.4 Å². The minimum Gasteiger partial charge on any atom is -0.494 e. The molecule has 0 N–H and O–H groups in total.